The molecule has 200 valence electrons. The van der Waals surface area contributed by atoms with Crippen LogP contribution in [0.5, 0.6) is 0 Å². The van der Waals surface area contributed by atoms with Crippen molar-refractivity contribution in [2.75, 3.05) is 38.2 Å². The Morgan fingerprint density at radius 2 is 1.84 bits per heavy atom. The van der Waals surface area contributed by atoms with Gasteiger partial charge in [0.25, 0.3) is 11.8 Å². The van der Waals surface area contributed by atoms with Crippen LogP contribution in [0.1, 0.15) is 24.2 Å². The molecule has 1 aliphatic heterocycles. The number of esters is 1. The van der Waals surface area contributed by atoms with Crippen molar-refractivity contribution in [2.24, 2.45) is 5.92 Å². The summed E-state index contributed by atoms with van der Waals surface area (Å²) in [6.07, 6.45) is 0. The lowest BCUT2D eigenvalue weighted by Gasteiger charge is -2.26. The summed E-state index contributed by atoms with van der Waals surface area (Å²) in [5.74, 6) is -3.28. The lowest BCUT2D eigenvalue weighted by Crippen LogP contribution is -2.46. The Morgan fingerprint density at radius 3 is 2.49 bits per heavy atom. The zero-order valence-electron chi connectivity index (χ0n) is 20.2. The molecule has 1 saturated heterocycles. The fraction of sp³-hybridized carbons (Fsp3) is 0.375. The minimum atomic E-state index is -3.82. The quantitative estimate of drug-likeness (QED) is 0.454. The van der Waals surface area contributed by atoms with E-state index in [2.05, 4.69) is 10.6 Å². The van der Waals surface area contributed by atoms with Gasteiger partial charge in [0.1, 0.15) is 11.9 Å². The van der Waals surface area contributed by atoms with Crippen LogP contribution < -0.4 is 10.6 Å². The van der Waals surface area contributed by atoms with E-state index in [1.165, 1.54) is 40.7 Å². The molecule has 0 aliphatic carbocycles. The molecule has 1 atom stereocenters. The summed E-state index contributed by atoms with van der Waals surface area (Å²) in [5, 5.41) is 4.79. The number of halogens is 2. The van der Waals surface area contributed by atoms with Gasteiger partial charge in [0.2, 0.25) is 10.0 Å². The molecule has 37 heavy (non-hydrogen) atoms. The van der Waals surface area contributed by atoms with Crippen LogP contribution in [0, 0.1) is 11.7 Å². The topological polar surface area (TPSA) is 131 Å². The van der Waals surface area contributed by atoms with Gasteiger partial charge in [-0.3, -0.25) is 9.59 Å². The summed E-state index contributed by atoms with van der Waals surface area (Å²) >= 11 is 5.68. The highest BCUT2D eigenvalue weighted by Crippen LogP contribution is 2.20. The van der Waals surface area contributed by atoms with Crippen molar-refractivity contribution in [3.8, 4) is 0 Å². The number of sulfonamides is 1. The highest BCUT2D eigenvalue weighted by atomic mass is 35.5. The number of carbonyl (C=O) groups excluding carboxylic acids is 3. The van der Waals surface area contributed by atoms with E-state index in [0.29, 0.717) is 0 Å². The Bertz CT molecular complexity index is 1270. The summed E-state index contributed by atoms with van der Waals surface area (Å²) in [6.45, 7) is 3.68. The molecule has 0 radical (unpaired) electrons. The predicted octanol–water partition coefficient (Wildman–Crippen LogP) is 2.44. The van der Waals surface area contributed by atoms with E-state index in [4.69, 9.17) is 21.1 Å². The Kier molecular flexibility index (Phi) is 9.60. The van der Waals surface area contributed by atoms with Crippen LogP contribution in [0.25, 0.3) is 0 Å². The maximum atomic E-state index is 13.3. The van der Waals surface area contributed by atoms with Gasteiger partial charge in [0.15, 0.2) is 6.61 Å². The minimum absolute atomic E-state index is 0.0405. The van der Waals surface area contributed by atoms with Gasteiger partial charge in [-0.1, -0.05) is 31.5 Å². The molecule has 2 aromatic carbocycles. The molecule has 2 amide bonds. The van der Waals surface area contributed by atoms with Crippen molar-refractivity contribution < 1.29 is 36.7 Å². The zero-order valence-corrected chi connectivity index (χ0v) is 21.8. The molecule has 3 rings (SSSR count). The first kappa shape index (κ1) is 28.5. The lowest BCUT2D eigenvalue weighted by atomic mass is 10.0. The van der Waals surface area contributed by atoms with Crippen molar-refractivity contribution in [2.45, 2.75) is 24.8 Å². The predicted molar refractivity (Wildman–Crippen MR) is 133 cm³/mol. The summed E-state index contributed by atoms with van der Waals surface area (Å²) in [4.78, 5) is 37.6. The van der Waals surface area contributed by atoms with E-state index >= 15 is 0 Å². The second-order valence-electron chi connectivity index (χ2n) is 8.52. The van der Waals surface area contributed by atoms with Crippen molar-refractivity contribution in [1.29, 1.82) is 0 Å². The summed E-state index contributed by atoms with van der Waals surface area (Å²) in [7, 11) is -3.82. The first-order valence-corrected chi connectivity index (χ1v) is 13.2. The largest absolute Gasteiger partial charge is 0.454 e. The third kappa shape index (κ3) is 7.48. The van der Waals surface area contributed by atoms with Crippen LogP contribution in [-0.2, 0) is 29.1 Å². The second kappa shape index (κ2) is 12.5. The molecule has 0 bridgehead atoms. The average molecular weight is 556 g/mol. The van der Waals surface area contributed by atoms with Crippen molar-refractivity contribution in [3.05, 3.63) is 58.9 Å². The first-order chi connectivity index (χ1) is 17.5. The molecule has 10 nitrogen and oxygen atoms in total. The zero-order chi connectivity index (χ0) is 27.2. The van der Waals surface area contributed by atoms with Gasteiger partial charge in [-0.2, -0.15) is 4.31 Å². The number of nitrogens with one attached hydrogen (secondary N) is 2. The number of anilines is 1. The van der Waals surface area contributed by atoms with E-state index in [1.54, 1.807) is 13.8 Å². The molecule has 1 unspecified atom stereocenters. The second-order valence-corrected chi connectivity index (χ2v) is 10.9. The molecule has 1 heterocycles. The average Bonchev–Trinajstić information content (AvgIpc) is 2.88. The summed E-state index contributed by atoms with van der Waals surface area (Å²) in [5.41, 5.74) is 0.256. The number of morpholine rings is 1. The number of rotatable bonds is 9. The Balaban J connectivity index is 1.63. The molecule has 1 aliphatic rings. The van der Waals surface area contributed by atoms with E-state index in [-0.39, 0.29) is 47.5 Å². The summed E-state index contributed by atoms with van der Waals surface area (Å²) in [6, 6.07) is 7.98. The number of hydrogen-bond acceptors (Lipinski definition) is 7. The van der Waals surface area contributed by atoms with E-state index in [9.17, 15) is 27.2 Å². The van der Waals surface area contributed by atoms with Crippen LogP contribution in [0.15, 0.2) is 47.4 Å². The standard InChI is InChI=1S/C24H27ClFN3O7S/c1-15(2)22(24(32)36-14-21(30)27-17-6-7-20(26)19(25)13-17)28-23(31)16-4-3-5-18(12-16)37(33,34)29-8-10-35-11-9-29/h3-7,12-13,15,22H,8-11,14H2,1-2H3,(H,27,30)(H,28,31). The highest BCUT2D eigenvalue weighted by molar-refractivity contribution is 7.89. The normalized spacial score (nSPS) is 15.2. The van der Waals surface area contributed by atoms with Gasteiger partial charge < -0.3 is 20.1 Å². The number of hydrogen-bond donors (Lipinski definition) is 2. The fourth-order valence-corrected chi connectivity index (χ4v) is 5.09. The lowest BCUT2D eigenvalue weighted by molar-refractivity contribution is -0.150. The monoisotopic (exact) mass is 555 g/mol. The molecule has 2 N–H and O–H groups in total. The van der Waals surface area contributed by atoms with Gasteiger partial charge >= 0.3 is 5.97 Å². The number of nitrogens with zero attached hydrogens (tertiary/aromatic N) is 1. The number of carbonyl (C=O) groups is 3. The minimum Gasteiger partial charge on any atom is -0.454 e. The molecular formula is C24H27ClFN3O7S. The molecular weight excluding hydrogens is 529 g/mol. The molecule has 0 aromatic heterocycles. The van der Waals surface area contributed by atoms with Crippen LogP contribution >= 0.6 is 11.6 Å². The van der Waals surface area contributed by atoms with Crippen LogP contribution in [0.3, 0.4) is 0 Å². The maximum Gasteiger partial charge on any atom is 0.329 e. The van der Waals surface area contributed by atoms with Gasteiger partial charge in [0, 0.05) is 24.3 Å². The first-order valence-electron chi connectivity index (χ1n) is 11.4. The van der Waals surface area contributed by atoms with Gasteiger partial charge in [0.05, 0.1) is 23.1 Å². The maximum absolute atomic E-state index is 13.3. The van der Waals surface area contributed by atoms with Crippen molar-refractivity contribution >= 4 is 45.1 Å². The van der Waals surface area contributed by atoms with E-state index in [1.807, 2.05) is 0 Å². The molecule has 0 spiro atoms. The number of benzene rings is 2. The van der Waals surface area contributed by atoms with Crippen LogP contribution in [-0.4, -0.2) is 69.5 Å². The fourth-order valence-electron chi connectivity index (χ4n) is 3.45. The Morgan fingerprint density at radius 1 is 1.14 bits per heavy atom. The van der Waals surface area contributed by atoms with Gasteiger partial charge in [-0.25, -0.2) is 17.6 Å². The Labute approximate surface area is 219 Å². The molecule has 0 saturated carbocycles. The Hall–Kier alpha value is -3.06. The van der Waals surface area contributed by atoms with E-state index in [0.717, 1.165) is 6.07 Å². The third-order valence-corrected chi connectivity index (χ3v) is 7.64. The smallest absolute Gasteiger partial charge is 0.329 e. The number of amides is 2. The van der Waals surface area contributed by atoms with Crippen LogP contribution in [0.4, 0.5) is 10.1 Å². The van der Waals surface area contributed by atoms with Crippen molar-refractivity contribution in [3.63, 3.8) is 0 Å². The summed E-state index contributed by atoms with van der Waals surface area (Å²) < 4.78 is 50.6. The third-order valence-electron chi connectivity index (χ3n) is 5.46. The molecule has 1 fully saturated rings. The molecule has 13 heteroatoms. The van der Waals surface area contributed by atoms with Crippen molar-refractivity contribution in [1.82, 2.24) is 9.62 Å². The van der Waals surface area contributed by atoms with Gasteiger partial charge in [-0.15, -0.1) is 0 Å². The highest BCUT2D eigenvalue weighted by Gasteiger charge is 2.29. The van der Waals surface area contributed by atoms with Crippen LogP contribution in [0.2, 0.25) is 5.02 Å². The SMILES string of the molecule is CC(C)C(NC(=O)c1cccc(S(=O)(=O)N2CCOCC2)c1)C(=O)OCC(=O)Nc1ccc(F)c(Cl)c1. The number of ether oxygens (including phenoxy) is 2. The van der Waals surface area contributed by atoms with E-state index < -0.39 is 52.2 Å². The molecule has 2 aromatic rings. The van der Waals surface area contributed by atoms with Gasteiger partial charge in [-0.05, 0) is 42.3 Å².